The smallest absolute Gasteiger partial charge is 0.254 e. The SMILES string of the molecule is Cc1nn(C)cc1C(=O)NC(C)CC(C)N. The summed E-state index contributed by atoms with van der Waals surface area (Å²) in [6.07, 6.45) is 2.49. The Bertz CT molecular complexity index is 370. The van der Waals surface area contributed by atoms with Crippen LogP contribution in [0.2, 0.25) is 0 Å². The maximum absolute atomic E-state index is 11.9. The molecule has 1 heterocycles. The van der Waals surface area contributed by atoms with E-state index in [0.717, 1.165) is 12.1 Å². The van der Waals surface area contributed by atoms with Crippen molar-refractivity contribution in [3.8, 4) is 0 Å². The highest BCUT2D eigenvalue weighted by molar-refractivity contribution is 5.95. The van der Waals surface area contributed by atoms with Gasteiger partial charge >= 0.3 is 0 Å². The summed E-state index contributed by atoms with van der Waals surface area (Å²) >= 11 is 0. The van der Waals surface area contributed by atoms with E-state index in [4.69, 9.17) is 5.73 Å². The summed E-state index contributed by atoms with van der Waals surface area (Å²) < 4.78 is 1.64. The number of hydrogen-bond acceptors (Lipinski definition) is 3. The Balaban J connectivity index is 2.62. The van der Waals surface area contributed by atoms with Gasteiger partial charge in [-0.3, -0.25) is 9.48 Å². The van der Waals surface area contributed by atoms with E-state index < -0.39 is 0 Å². The summed E-state index contributed by atoms with van der Waals surface area (Å²) in [5, 5.41) is 7.04. The zero-order valence-electron chi connectivity index (χ0n) is 10.3. The van der Waals surface area contributed by atoms with Gasteiger partial charge in [-0.05, 0) is 27.2 Å². The average Bonchev–Trinajstić information content (AvgIpc) is 2.43. The second-order valence-electron chi connectivity index (χ2n) is 4.39. The van der Waals surface area contributed by atoms with Crippen LogP contribution in [0.1, 0.15) is 36.3 Å². The first kappa shape index (κ1) is 12.7. The van der Waals surface area contributed by atoms with E-state index >= 15 is 0 Å². The molecular weight excluding hydrogens is 204 g/mol. The number of rotatable bonds is 4. The number of nitrogens with one attached hydrogen (secondary N) is 1. The summed E-state index contributed by atoms with van der Waals surface area (Å²) in [6, 6.07) is 0.164. The largest absolute Gasteiger partial charge is 0.349 e. The highest BCUT2D eigenvalue weighted by Crippen LogP contribution is 2.05. The van der Waals surface area contributed by atoms with E-state index in [0.29, 0.717) is 5.56 Å². The Hall–Kier alpha value is -1.36. The molecule has 1 aromatic heterocycles. The van der Waals surface area contributed by atoms with Crippen molar-refractivity contribution in [2.45, 2.75) is 39.3 Å². The van der Waals surface area contributed by atoms with E-state index in [1.54, 1.807) is 17.9 Å². The molecule has 5 heteroatoms. The first-order valence-corrected chi connectivity index (χ1v) is 5.47. The number of aromatic nitrogens is 2. The maximum atomic E-state index is 11.9. The highest BCUT2D eigenvalue weighted by atomic mass is 16.1. The number of carbonyl (C=O) groups excluding carboxylic acids is 1. The Morgan fingerprint density at radius 3 is 2.69 bits per heavy atom. The second kappa shape index (κ2) is 5.12. The molecule has 0 aliphatic rings. The minimum Gasteiger partial charge on any atom is -0.349 e. The summed E-state index contributed by atoms with van der Waals surface area (Å²) in [4.78, 5) is 11.9. The lowest BCUT2D eigenvalue weighted by molar-refractivity contribution is 0.0937. The van der Waals surface area contributed by atoms with Crippen LogP contribution in [-0.4, -0.2) is 27.8 Å². The fourth-order valence-corrected chi connectivity index (χ4v) is 1.74. The summed E-state index contributed by atoms with van der Waals surface area (Å²) in [7, 11) is 1.80. The van der Waals surface area contributed by atoms with E-state index in [-0.39, 0.29) is 18.0 Å². The molecule has 0 bridgehead atoms. The molecule has 90 valence electrons. The fourth-order valence-electron chi connectivity index (χ4n) is 1.74. The van der Waals surface area contributed by atoms with Gasteiger partial charge in [0.05, 0.1) is 11.3 Å². The van der Waals surface area contributed by atoms with Crippen LogP contribution in [0.4, 0.5) is 0 Å². The van der Waals surface area contributed by atoms with Crippen LogP contribution in [0.3, 0.4) is 0 Å². The van der Waals surface area contributed by atoms with Gasteiger partial charge in [0.15, 0.2) is 0 Å². The van der Waals surface area contributed by atoms with Crippen molar-refractivity contribution in [3.05, 3.63) is 17.5 Å². The Kier molecular flexibility index (Phi) is 4.06. The van der Waals surface area contributed by atoms with Crippen molar-refractivity contribution >= 4 is 5.91 Å². The number of carbonyl (C=O) groups is 1. The molecule has 0 radical (unpaired) electrons. The van der Waals surface area contributed by atoms with E-state index in [1.807, 2.05) is 20.8 Å². The van der Waals surface area contributed by atoms with E-state index in [1.165, 1.54) is 0 Å². The molecule has 1 rings (SSSR count). The number of amides is 1. The Labute approximate surface area is 96.0 Å². The zero-order valence-corrected chi connectivity index (χ0v) is 10.3. The summed E-state index contributed by atoms with van der Waals surface area (Å²) in [5.41, 5.74) is 7.04. The average molecular weight is 224 g/mol. The normalized spacial score (nSPS) is 14.6. The molecule has 16 heavy (non-hydrogen) atoms. The third-order valence-electron chi connectivity index (χ3n) is 2.36. The molecule has 0 aromatic carbocycles. The second-order valence-corrected chi connectivity index (χ2v) is 4.39. The highest BCUT2D eigenvalue weighted by Gasteiger charge is 2.15. The molecule has 0 aliphatic carbocycles. The van der Waals surface area contributed by atoms with Gasteiger partial charge in [-0.15, -0.1) is 0 Å². The van der Waals surface area contributed by atoms with Gasteiger partial charge in [-0.1, -0.05) is 0 Å². The molecule has 0 spiro atoms. The number of hydrogen-bond donors (Lipinski definition) is 2. The lowest BCUT2D eigenvalue weighted by Gasteiger charge is -2.15. The lowest BCUT2D eigenvalue weighted by Crippen LogP contribution is -2.36. The molecule has 0 aliphatic heterocycles. The predicted octanol–water partition coefficient (Wildman–Crippen LogP) is 0.584. The molecule has 1 amide bonds. The molecule has 0 saturated heterocycles. The molecule has 5 nitrogen and oxygen atoms in total. The summed E-state index contributed by atoms with van der Waals surface area (Å²) in [5.74, 6) is -0.0845. The van der Waals surface area contributed by atoms with Crippen LogP contribution in [0.5, 0.6) is 0 Å². The molecule has 0 fully saturated rings. The topological polar surface area (TPSA) is 72.9 Å². The molecule has 2 unspecified atom stereocenters. The number of nitrogens with zero attached hydrogens (tertiary/aromatic N) is 2. The molecule has 1 aromatic rings. The van der Waals surface area contributed by atoms with Crippen molar-refractivity contribution in [1.29, 1.82) is 0 Å². The third kappa shape index (κ3) is 3.34. The monoisotopic (exact) mass is 224 g/mol. The van der Waals surface area contributed by atoms with Gasteiger partial charge < -0.3 is 11.1 Å². The van der Waals surface area contributed by atoms with Crippen LogP contribution in [-0.2, 0) is 7.05 Å². The van der Waals surface area contributed by atoms with Crippen molar-refractivity contribution < 1.29 is 4.79 Å². The van der Waals surface area contributed by atoms with Crippen molar-refractivity contribution in [2.75, 3.05) is 0 Å². The van der Waals surface area contributed by atoms with Gasteiger partial charge in [0.25, 0.3) is 5.91 Å². The predicted molar refractivity (Wildman–Crippen MR) is 63.1 cm³/mol. The van der Waals surface area contributed by atoms with Crippen LogP contribution < -0.4 is 11.1 Å². The first-order chi connectivity index (χ1) is 7.40. The lowest BCUT2D eigenvalue weighted by atomic mass is 10.1. The number of nitrogens with two attached hydrogens (primary N) is 1. The quantitative estimate of drug-likeness (QED) is 0.786. The minimum absolute atomic E-state index is 0.0760. The number of aryl methyl sites for hydroxylation is 2. The van der Waals surface area contributed by atoms with Crippen molar-refractivity contribution in [1.82, 2.24) is 15.1 Å². The van der Waals surface area contributed by atoms with E-state index in [9.17, 15) is 4.79 Å². The van der Waals surface area contributed by atoms with Crippen LogP contribution in [0.15, 0.2) is 6.20 Å². The van der Waals surface area contributed by atoms with Gasteiger partial charge in [0.1, 0.15) is 0 Å². The van der Waals surface area contributed by atoms with Gasteiger partial charge in [-0.2, -0.15) is 5.10 Å². The van der Waals surface area contributed by atoms with Crippen LogP contribution in [0.25, 0.3) is 0 Å². The Morgan fingerprint density at radius 1 is 1.62 bits per heavy atom. The minimum atomic E-state index is -0.0845. The van der Waals surface area contributed by atoms with Crippen LogP contribution >= 0.6 is 0 Å². The van der Waals surface area contributed by atoms with E-state index in [2.05, 4.69) is 10.4 Å². The van der Waals surface area contributed by atoms with Gasteiger partial charge in [0.2, 0.25) is 0 Å². The molecule has 0 saturated carbocycles. The fraction of sp³-hybridized carbons (Fsp3) is 0.636. The molecule has 2 atom stereocenters. The molecular formula is C11H20N4O. The van der Waals surface area contributed by atoms with Crippen molar-refractivity contribution in [3.63, 3.8) is 0 Å². The zero-order chi connectivity index (χ0) is 12.3. The Morgan fingerprint density at radius 2 is 2.25 bits per heavy atom. The summed E-state index contributed by atoms with van der Waals surface area (Å²) in [6.45, 7) is 5.70. The van der Waals surface area contributed by atoms with Crippen molar-refractivity contribution in [2.24, 2.45) is 12.8 Å². The van der Waals surface area contributed by atoms with Crippen LogP contribution in [0, 0.1) is 6.92 Å². The maximum Gasteiger partial charge on any atom is 0.254 e. The van der Waals surface area contributed by atoms with Gasteiger partial charge in [0, 0.05) is 25.3 Å². The third-order valence-corrected chi connectivity index (χ3v) is 2.36. The first-order valence-electron chi connectivity index (χ1n) is 5.47. The standard InChI is InChI=1S/C11H20N4O/c1-7(12)5-8(2)13-11(16)10-6-15(4)14-9(10)3/h6-8H,5,12H2,1-4H3,(H,13,16). The van der Waals surface area contributed by atoms with Gasteiger partial charge in [-0.25, -0.2) is 0 Å². The molecule has 3 N–H and O–H groups in total.